The maximum atomic E-state index is 5.37. The van der Waals surface area contributed by atoms with E-state index in [-0.39, 0.29) is 5.95 Å². The van der Waals surface area contributed by atoms with Gasteiger partial charge >= 0.3 is 0 Å². The smallest absolute Gasteiger partial charge is 0.269 e. The van der Waals surface area contributed by atoms with Gasteiger partial charge in [-0.25, -0.2) is 10.1 Å². The molecule has 0 unspecified atom stereocenters. The Hall–Kier alpha value is -2.37. The van der Waals surface area contributed by atoms with Crippen LogP contribution in [0.4, 0.5) is 11.9 Å². The van der Waals surface area contributed by atoms with Gasteiger partial charge in [-0.3, -0.25) is 0 Å². The highest BCUT2D eigenvalue weighted by atomic mass is 16.5. The van der Waals surface area contributed by atoms with E-state index in [1.807, 2.05) is 24.3 Å². The summed E-state index contributed by atoms with van der Waals surface area (Å²) in [5.74, 6) is 1.37. The number of anilines is 1. The van der Waals surface area contributed by atoms with Gasteiger partial charge in [0.1, 0.15) is 5.75 Å². The van der Waals surface area contributed by atoms with Crippen LogP contribution in [0.2, 0.25) is 0 Å². The van der Waals surface area contributed by atoms with E-state index in [4.69, 9.17) is 10.5 Å². The second-order valence-corrected chi connectivity index (χ2v) is 3.05. The van der Waals surface area contributed by atoms with Crippen LogP contribution in [0.5, 0.6) is 5.75 Å². The van der Waals surface area contributed by atoms with Crippen LogP contribution in [-0.4, -0.2) is 28.5 Å². The summed E-state index contributed by atoms with van der Waals surface area (Å²) >= 11 is 0. The summed E-state index contributed by atoms with van der Waals surface area (Å²) in [6, 6.07) is 7.48. The Balaban J connectivity index is 2.11. The number of hydrogen-bond donors (Lipinski definition) is 2. The van der Waals surface area contributed by atoms with Crippen LogP contribution >= 0.6 is 0 Å². The quantitative estimate of drug-likeness (QED) is 0.754. The van der Waals surface area contributed by atoms with Crippen LogP contribution < -0.4 is 10.5 Å². The van der Waals surface area contributed by atoms with Gasteiger partial charge < -0.3 is 10.5 Å². The second-order valence-electron chi connectivity index (χ2n) is 3.05. The molecule has 0 saturated heterocycles. The Morgan fingerprint density at radius 3 is 2.69 bits per heavy atom. The monoisotopic (exact) mass is 217 g/mol. The van der Waals surface area contributed by atoms with Gasteiger partial charge in [-0.1, -0.05) is 0 Å². The molecule has 0 atom stereocenters. The number of aromatic amines is 1. The fourth-order valence-corrected chi connectivity index (χ4v) is 1.14. The van der Waals surface area contributed by atoms with E-state index in [0.29, 0.717) is 5.95 Å². The molecule has 0 radical (unpaired) electrons. The number of methoxy groups -OCH3 is 1. The molecule has 0 fully saturated rings. The number of benzene rings is 1. The SMILES string of the molecule is COc1ccc(C=Nc2n[nH]c(N)n2)cc1. The van der Waals surface area contributed by atoms with Gasteiger partial charge in [-0.2, -0.15) is 4.98 Å². The predicted molar refractivity (Wildman–Crippen MR) is 61.0 cm³/mol. The number of ether oxygens (including phenoxy) is 1. The fourth-order valence-electron chi connectivity index (χ4n) is 1.14. The maximum absolute atomic E-state index is 5.37. The minimum absolute atomic E-state index is 0.252. The zero-order chi connectivity index (χ0) is 11.4. The van der Waals surface area contributed by atoms with Gasteiger partial charge in [0.05, 0.1) is 7.11 Å². The van der Waals surface area contributed by atoms with Crippen molar-refractivity contribution < 1.29 is 4.74 Å². The summed E-state index contributed by atoms with van der Waals surface area (Å²) in [4.78, 5) is 7.90. The zero-order valence-corrected chi connectivity index (χ0v) is 8.71. The van der Waals surface area contributed by atoms with Crippen molar-refractivity contribution >= 4 is 18.1 Å². The van der Waals surface area contributed by atoms with E-state index in [2.05, 4.69) is 20.2 Å². The minimum Gasteiger partial charge on any atom is -0.497 e. The molecule has 0 saturated carbocycles. The van der Waals surface area contributed by atoms with Crippen molar-refractivity contribution in [2.75, 3.05) is 12.8 Å². The van der Waals surface area contributed by atoms with Crippen molar-refractivity contribution in [2.24, 2.45) is 4.99 Å². The molecule has 0 aliphatic carbocycles. The Bertz CT molecular complexity index is 488. The first-order chi connectivity index (χ1) is 7.78. The highest BCUT2D eigenvalue weighted by Gasteiger charge is 1.95. The Morgan fingerprint density at radius 1 is 1.38 bits per heavy atom. The molecule has 0 spiro atoms. The molecule has 0 aliphatic rings. The number of hydrogen-bond acceptors (Lipinski definition) is 5. The van der Waals surface area contributed by atoms with E-state index in [9.17, 15) is 0 Å². The van der Waals surface area contributed by atoms with Crippen molar-refractivity contribution in [3.05, 3.63) is 29.8 Å². The molecule has 0 aliphatic heterocycles. The average molecular weight is 217 g/mol. The van der Waals surface area contributed by atoms with Crippen LogP contribution in [0.3, 0.4) is 0 Å². The van der Waals surface area contributed by atoms with Crippen molar-refractivity contribution in [2.45, 2.75) is 0 Å². The number of nitrogen functional groups attached to an aromatic ring is 1. The highest BCUT2D eigenvalue weighted by molar-refractivity contribution is 5.81. The molecule has 2 aromatic rings. The van der Waals surface area contributed by atoms with Gasteiger partial charge in [0, 0.05) is 6.21 Å². The summed E-state index contributed by atoms with van der Waals surface area (Å²) in [7, 11) is 1.62. The normalized spacial score (nSPS) is 10.8. The lowest BCUT2D eigenvalue weighted by Crippen LogP contribution is -1.85. The molecule has 6 nitrogen and oxygen atoms in total. The molecule has 2 rings (SSSR count). The molecule has 1 aromatic heterocycles. The fraction of sp³-hybridized carbons (Fsp3) is 0.100. The molecule has 82 valence electrons. The van der Waals surface area contributed by atoms with Crippen molar-refractivity contribution in [3.8, 4) is 5.75 Å². The number of aromatic nitrogens is 3. The zero-order valence-electron chi connectivity index (χ0n) is 8.71. The summed E-state index contributed by atoms with van der Waals surface area (Å²) in [6.45, 7) is 0. The third-order valence-electron chi connectivity index (χ3n) is 1.94. The first kappa shape index (κ1) is 10.2. The molecular formula is C10H11N5O. The lowest BCUT2D eigenvalue weighted by atomic mass is 10.2. The standard InChI is InChI=1S/C10H11N5O/c1-16-8-4-2-7(3-5-8)6-12-10-13-9(11)14-15-10/h2-6H,1H3,(H3,11,13,14,15). The number of rotatable bonds is 3. The van der Waals surface area contributed by atoms with Gasteiger partial charge in [0.15, 0.2) is 0 Å². The Labute approximate surface area is 92.2 Å². The molecule has 1 heterocycles. The van der Waals surface area contributed by atoms with Crippen LogP contribution in [0, 0.1) is 0 Å². The van der Waals surface area contributed by atoms with Crippen molar-refractivity contribution in [1.29, 1.82) is 0 Å². The first-order valence-electron chi connectivity index (χ1n) is 4.64. The summed E-state index contributed by atoms with van der Waals surface area (Å²) in [5.41, 5.74) is 6.30. The van der Waals surface area contributed by atoms with E-state index >= 15 is 0 Å². The van der Waals surface area contributed by atoms with Crippen LogP contribution in [0.15, 0.2) is 29.3 Å². The Kier molecular flexibility index (Phi) is 2.81. The molecule has 0 bridgehead atoms. The van der Waals surface area contributed by atoms with Crippen molar-refractivity contribution in [1.82, 2.24) is 15.2 Å². The van der Waals surface area contributed by atoms with Gasteiger partial charge in [-0.05, 0) is 29.8 Å². The van der Waals surface area contributed by atoms with Gasteiger partial charge in [-0.15, -0.1) is 5.10 Å². The second kappa shape index (κ2) is 4.43. The van der Waals surface area contributed by atoms with E-state index < -0.39 is 0 Å². The molecule has 3 N–H and O–H groups in total. The number of nitrogens with one attached hydrogen (secondary N) is 1. The van der Waals surface area contributed by atoms with E-state index in [1.54, 1.807) is 13.3 Å². The molecule has 6 heteroatoms. The van der Waals surface area contributed by atoms with Crippen LogP contribution in [0.1, 0.15) is 5.56 Å². The number of nitrogens with zero attached hydrogens (tertiary/aromatic N) is 3. The number of H-pyrrole nitrogens is 1. The predicted octanol–water partition coefficient (Wildman–Crippen LogP) is 1.15. The first-order valence-corrected chi connectivity index (χ1v) is 4.64. The lowest BCUT2D eigenvalue weighted by Gasteiger charge is -1.97. The highest BCUT2D eigenvalue weighted by Crippen LogP contribution is 2.10. The summed E-state index contributed by atoms with van der Waals surface area (Å²) in [5, 5.41) is 6.29. The third kappa shape index (κ3) is 2.35. The van der Waals surface area contributed by atoms with E-state index in [0.717, 1.165) is 11.3 Å². The summed E-state index contributed by atoms with van der Waals surface area (Å²) in [6.07, 6.45) is 1.65. The number of nitrogens with two attached hydrogens (primary N) is 1. The minimum atomic E-state index is 0.252. The maximum Gasteiger partial charge on any atom is 0.269 e. The molecular weight excluding hydrogens is 206 g/mol. The largest absolute Gasteiger partial charge is 0.497 e. The third-order valence-corrected chi connectivity index (χ3v) is 1.94. The topological polar surface area (TPSA) is 89.2 Å². The Morgan fingerprint density at radius 2 is 2.12 bits per heavy atom. The van der Waals surface area contributed by atoms with Crippen LogP contribution in [0.25, 0.3) is 0 Å². The van der Waals surface area contributed by atoms with E-state index in [1.165, 1.54) is 0 Å². The molecule has 1 aromatic carbocycles. The molecule has 0 amide bonds. The molecule has 16 heavy (non-hydrogen) atoms. The van der Waals surface area contributed by atoms with Crippen molar-refractivity contribution in [3.63, 3.8) is 0 Å². The van der Waals surface area contributed by atoms with Crippen LogP contribution in [-0.2, 0) is 0 Å². The summed E-state index contributed by atoms with van der Waals surface area (Å²) < 4.78 is 5.04. The van der Waals surface area contributed by atoms with Gasteiger partial charge in [0.2, 0.25) is 5.95 Å². The van der Waals surface area contributed by atoms with Gasteiger partial charge in [0.25, 0.3) is 5.95 Å². The average Bonchev–Trinajstić information content (AvgIpc) is 2.73. The lowest BCUT2D eigenvalue weighted by molar-refractivity contribution is 0.415. The number of aliphatic imine (C=N–C) groups is 1.